The van der Waals surface area contributed by atoms with Gasteiger partial charge in [-0.15, -0.1) is 0 Å². The normalized spacial score (nSPS) is 11.4. The summed E-state index contributed by atoms with van der Waals surface area (Å²) in [5, 5.41) is 2.70. The van der Waals surface area contributed by atoms with Gasteiger partial charge in [-0.05, 0) is 0 Å². The predicted octanol–water partition coefficient (Wildman–Crippen LogP) is 1.23. The van der Waals surface area contributed by atoms with Crippen LogP contribution < -0.4 is 15.4 Å². The second-order valence-electron chi connectivity index (χ2n) is 3.33. The summed E-state index contributed by atoms with van der Waals surface area (Å²) in [6.45, 7) is 0. The molecule has 0 aromatic heterocycles. The van der Waals surface area contributed by atoms with Crippen molar-refractivity contribution in [2.75, 3.05) is 0 Å². The first-order chi connectivity index (χ1) is 7.77. The molecule has 0 saturated carbocycles. The number of nitrogens with two attached hydrogens (primary N) is 1. The third-order valence-corrected chi connectivity index (χ3v) is 14.6. The van der Waals surface area contributed by atoms with Crippen LogP contribution >= 0.6 is 4.64 Å². The summed E-state index contributed by atoms with van der Waals surface area (Å²) in [7, 11) is 0. The Hall–Kier alpha value is -0.131. The van der Waals surface area contributed by atoms with Crippen molar-refractivity contribution in [1.82, 2.24) is 0 Å². The molecular weight excluding hydrogens is 347 g/mol. The van der Waals surface area contributed by atoms with Crippen LogP contribution in [0.2, 0.25) is 0 Å². The van der Waals surface area contributed by atoms with E-state index in [2.05, 4.69) is 64.1 Å². The van der Waals surface area contributed by atoms with Gasteiger partial charge in [0.1, 0.15) is 0 Å². The molecule has 0 fully saturated rings. The van der Waals surface area contributed by atoms with Crippen molar-refractivity contribution in [3.05, 3.63) is 60.7 Å². The standard InChI is InChI=1S/C12H12NPSe2/c13-16-14(15,11-7-3-1-4-8-11)12-9-5-2-6-10-12/h1-10H,13H2/q+1. The second kappa shape index (κ2) is 5.47. The van der Waals surface area contributed by atoms with Gasteiger partial charge >= 0.3 is 111 Å². The van der Waals surface area contributed by atoms with E-state index in [0.717, 1.165) is 0 Å². The molecule has 1 nitrogen and oxygen atoms in total. The van der Waals surface area contributed by atoms with Gasteiger partial charge in [-0.1, -0.05) is 0 Å². The van der Waals surface area contributed by atoms with Crippen molar-refractivity contribution in [3.63, 3.8) is 0 Å². The summed E-state index contributed by atoms with van der Waals surface area (Å²) in [4.78, 5) is 0. The van der Waals surface area contributed by atoms with Gasteiger partial charge in [-0.25, -0.2) is 0 Å². The molecule has 2 aromatic rings. The average Bonchev–Trinajstić information content (AvgIpc) is 2.40. The monoisotopic (exact) mass is 361 g/mol. The van der Waals surface area contributed by atoms with E-state index in [0.29, 0.717) is 0 Å². The van der Waals surface area contributed by atoms with Crippen molar-refractivity contribution in [3.8, 4) is 0 Å². The van der Waals surface area contributed by atoms with E-state index in [1.54, 1.807) is 0 Å². The second-order valence-corrected chi connectivity index (χ2v) is 17.4. The van der Waals surface area contributed by atoms with E-state index >= 15 is 0 Å². The number of hydrogen-bond donors (Lipinski definition) is 1. The molecule has 0 aliphatic heterocycles. The van der Waals surface area contributed by atoms with Crippen LogP contribution in [0.25, 0.3) is 0 Å². The van der Waals surface area contributed by atoms with E-state index in [4.69, 9.17) is 4.75 Å². The van der Waals surface area contributed by atoms with Crippen LogP contribution in [0, 0.1) is 0 Å². The number of hydrogen-bond acceptors (Lipinski definition) is 1. The van der Waals surface area contributed by atoms with Gasteiger partial charge in [0.15, 0.2) is 0 Å². The summed E-state index contributed by atoms with van der Waals surface area (Å²) < 4.78 is 4.61. The van der Waals surface area contributed by atoms with Crippen molar-refractivity contribution in [2.45, 2.75) is 0 Å². The van der Waals surface area contributed by atoms with Crippen LogP contribution in [0.5, 0.6) is 0 Å². The van der Waals surface area contributed by atoms with Crippen molar-refractivity contribution < 1.29 is 0 Å². The van der Waals surface area contributed by atoms with Gasteiger partial charge in [-0.3, -0.25) is 0 Å². The summed E-state index contributed by atoms with van der Waals surface area (Å²) in [5.74, 6) is 0. The molecule has 0 spiro atoms. The van der Waals surface area contributed by atoms with E-state index in [1.165, 1.54) is 10.6 Å². The average molecular weight is 359 g/mol. The molecule has 0 aliphatic carbocycles. The summed E-state index contributed by atoms with van der Waals surface area (Å²) in [6, 6.07) is 21.1. The first-order valence-corrected chi connectivity index (χ1v) is 12.1. The molecule has 81 valence electrons. The Morgan fingerprint density at radius 3 is 1.50 bits per heavy atom. The molecule has 1 radical (unpaired) electrons. The molecule has 0 bridgehead atoms. The van der Waals surface area contributed by atoms with E-state index in [9.17, 15) is 0 Å². The number of benzene rings is 2. The summed E-state index contributed by atoms with van der Waals surface area (Å²) in [5.41, 5.74) is 0. The molecule has 2 rings (SSSR count). The third kappa shape index (κ3) is 2.41. The molecule has 16 heavy (non-hydrogen) atoms. The third-order valence-electron chi connectivity index (χ3n) is 2.34. The summed E-state index contributed by atoms with van der Waals surface area (Å²) >= 11 is 3.48. The first kappa shape index (κ1) is 12.3. The minimum atomic E-state index is -1.44. The topological polar surface area (TPSA) is 26.0 Å². The van der Waals surface area contributed by atoms with E-state index in [1.807, 2.05) is 12.1 Å². The zero-order valence-electron chi connectivity index (χ0n) is 8.61. The Labute approximate surface area is 111 Å². The van der Waals surface area contributed by atoms with E-state index < -0.39 is 4.64 Å². The van der Waals surface area contributed by atoms with Crippen LogP contribution in [-0.2, 0) is 0 Å². The van der Waals surface area contributed by atoms with Gasteiger partial charge in [0.05, 0.1) is 0 Å². The zero-order chi connectivity index (χ0) is 11.4. The van der Waals surface area contributed by atoms with Crippen LogP contribution in [0.4, 0.5) is 0 Å². The fourth-order valence-corrected chi connectivity index (χ4v) is 7.79. The Bertz CT molecular complexity index is 408. The Kier molecular flexibility index (Phi) is 4.21. The van der Waals surface area contributed by atoms with Gasteiger partial charge in [0, 0.05) is 0 Å². The van der Waals surface area contributed by atoms with Gasteiger partial charge in [-0.2, -0.15) is 0 Å². The van der Waals surface area contributed by atoms with Crippen LogP contribution in [-0.4, -0.2) is 30.3 Å². The van der Waals surface area contributed by atoms with Gasteiger partial charge in [0.2, 0.25) is 0 Å². The van der Waals surface area contributed by atoms with Gasteiger partial charge in [0.25, 0.3) is 0 Å². The quantitative estimate of drug-likeness (QED) is 0.648. The molecule has 0 amide bonds. The Morgan fingerprint density at radius 2 is 1.19 bits per heavy atom. The molecule has 0 saturated heterocycles. The Morgan fingerprint density at radius 1 is 0.812 bits per heavy atom. The van der Waals surface area contributed by atoms with Crippen LogP contribution in [0.15, 0.2) is 60.7 Å². The van der Waals surface area contributed by atoms with Crippen LogP contribution in [0.1, 0.15) is 0 Å². The van der Waals surface area contributed by atoms with Crippen molar-refractivity contribution in [2.24, 2.45) is 4.75 Å². The maximum atomic E-state index is 6.05. The fourth-order valence-electron chi connectivity index (χ4n) is 1.52. The van der Waals surface area contributed by atoms with Crippen LogP contribution in [0.3, 0.4) is 0 Å². The molecule has 2 aromatic carbocycles. The molecule has 0 unspecified atom stereocenters. The molecule has 0 heterocycles. The first-order valence-electron chi connectivity index (χ1n) is 4.87. The predicted molar refractivity (Wildman–Crippen MR) is 74.8 cm³/mol. The molecule has 0 aliphatic rings. The zero-order valence-corrected chi connectivity index (χ0v) is 12.9. The Balaban J connectivity index is 2.49. The molecular formula is C12H12NPSe2+. The van der Waals surface area contributed by atoms with Gasteiger partial charge < -0.3 is 0 Å². The maximum absolute atomic E-state index is 6.05. The van der Waals surface area contributed by atoms with Crippen molar-refractivity contribution >= 4 is 45.6 Å². The molecule has 4 heteroatoms. The molecule has 2 N–H and O–H groups in total. The minimum absolute atomic E-state index is 0.0930. The van der Waals surface area contributed by atoms with Crippen molar-refractivity contribution in [1.29, 1.82) is 0 Å². The summed E-state index contributed by atoms with van der Waals surface area (Å²) in [6.07, 6.45) is 0. The molecule has 0 atom stereocenters. The van der Waals surface area contributed by atoms with E-state index in [-0.39, 0.29) is 14.7 Å². The fraction of sp³-hybridized carbons (Fsp3) is 0. The number of rotatable bonds is 3. The SMILES string of the molecule is N[Se][P+]([Se])(c1ccccc1)c1ccccc1.